The van der Waals surface area contributed by atoms with Crippen molar-refractivity contribution in [2.45, 2.75) is 39.0 Å². The van der Waals surface area contributed by atoms with Crippen molar-refractivity contribution in [3.63, 3.8) is 0 Å². The smallest absolute Gasteiger partial charge is 0.248 e. The van der Waals surface area contributed by atoms with E-state index in [9.17, 15) is 4.79 Å². The Kier molecular flexibility index (Phi) is 3.34. The normalized spacial score (nSPS) is 11.1. The maximum absolute atomic E-state index is 11.4. The first-order valence-corrected chi connectivity index (χ1v) is 5.72. The monoisotopic (exact) mass is 220 g/mol. The Morgan fingerprint density at radius 1 is 1.38 bits per heavy atom. The lowest BCUT2D eigenvalue weighted by Crippen LogP contribution is -2.18. The predicted molar refractivity (Wildman–Crippen MR) is 61.5 cm³/mol. The Morgan fingerprint density at radius 3 is 3.06 bits per heavy atom. The number of H-pyrrole nitrogens is 1. The summed E-state index contributed by atoms with van der Waals surface area (Å²) in [5.41, 5.74) is 1.51. The number of hydrogen-bond acceptors (Lipinski definition) is 3. The molecule has 0 aliphatic carbocycles. The maximum Gasteiger partial charge on any atom is 0.347 e. The summed E-state index contributed by atoms with van der Waals surface area (Å²) in [6, 6.07) is 0. The Hall–Kier alpha value is -1.65. The average Bonchev–Trinajstić information content (AvgIpc) is 2.77. The van der Waals surface area contributed by atoms with Crippen molar-refractivity contribution in [1.82, 2.24) is 19.6 Å². The van der Waals surface area contributed by atoms with Crippen molar-refractivity contribution >= 4 is 5.52 Å². The van der Waals surface area contributed by atoms with Crippen molar-refractivity contribution < 1.29 is 0 Å². The van der Waals surface area contributed by atoms with Gasteiger partial charge < -0.3 is 0 Å². The molecule has 0 bridgehead atoms. The molecule has 5 heteroatoms. The van der Waals surface area contributed by atoms with Gasteiger partial charge in [-0.05, 0) is 12.8 Å². The van der Waals surface area contributed by atoms with Crippen LogP contribution < -0.4 is 5.69 Å². The zero-order valence-electron chi connectivity index (χ0n) is 9.44. The van der Waals surface area contributed by atoms with Gasteiger partial charge in [0.15, 0.2) is 0 Å². The van der Waals surface area contributed by atoms with E-state index < -0.39 is 0 Å². The Labute approximate surface area is 93.5 Å². The van der Waals surface area contributed by atoms with Gasteiger partial charge in [0.1, 0.15) is 6.33 Å². The lowest BCUT2D eigenvalue weighted by molar-refractivity contribution is 0.654. The molecule has 2 aromatic heterocycles. The van der Waals surface area contributed by atoms with E-state index in [0.717, 1.165) is 24.1 Å². The van der Waals surface area contributed by atoms with Crippen LogP contribution in [0, 0.1) is 0 Å². The first-order chi connectivity index (χ1) is 7.83. The largest absolute Gasteiger partial charge is 0.347 e. The Balaban J connectivity index is 2.15. The molecular weight excluding hydrogens is 204 g/mol. The van der Waals surface area contributed by atoms with Gasteiger partial charge in [0.2, 0.25) is 0 Å². The minimum absolute atomic E-state index is 0.232. The van der Waals surface area contributed by atoms with Crippen LogP contribution in [0.5, 0.6) is 0 Å². The highest BCUT2D eigenvalue weighted by Gasteiger charge is 2.05. The van der Waals surface area contributed by atoms with Gasteiger partial charge >= 0.3 is 5.69 Å². The quantitative estimate of drug-likeness (QED) is 0.777. The van der Waals surface area contributed by atoms with Crippen LogP contribution in [0.4, 0.5) is 0 Å². The minimum atomic E-state index is -0.232. The zero-order valence-corrected chi connectivity index (χ0v) is 9.44. The Bertz CT molecular complexity index is 514. The number of imidazole rings is 1. The lowest BCUT2D eigenvalue weighted by Gasteiger charge is -2.01. The van der Waals surface area contributed by atoms with E-state index in [1.807, 2.05) is 0 Å². The molecule has 0 amide bonds. The van der Waals surface area contributed by atoms with Crippen molar-refractivity contribution in [1.29, 1.82) is 0 Å². The van der Waals surface area contributed by atoms with Gasteiger partial charge in [-0.25, -0.2) is 19.3 Å². The lowest BCUT2D eigenvalue weighted by atomic mass is 10.1. The minimum Gasteiger partial charge on any atom is -0.248 e. The van der Waals surface area contributed by atoms with Gasteiger partial charge in [-0.15, -0.1) is 0 Å². The third kappa shape index (κ3) is 2.13. The average molecular weight is 220 g/mol. The number of aryl methyl sites for hydroxylation is 1. The van der Waals surface area contributed by atoms with Gasteiger partial charge in [0.25, 0.3) is 0 Å². The SMILES string of the molecule is CCCCCCc1n[nH]c(=O)n2cncc12. The topological polar surface area (TPSA) is 63.0 Å². The summed E-state index contributed by atoms with van der Waals surface area (Å²) in [7, 11) is 0. The number of aromatic nitrogens is 4. The standard InChI is InChI=1S/C11H16N4O/c1-2-3-4-5-6-9-10-7-12-8-15(10)11(16)14-13-9/h7-8H,2-6H2,1H3,(H,14,16). The van der Waals surface area contributed by atoms with Crippen LogP contribution in [-0.4, -0.2) is 19.6 Å². The number of rotatable bonds is 5. The fourth-order valence-corrected chi connectivity index (χ4v) is 1.80. The molecule has 0 aliphatic rings. The summed E-state index contributed by atoms with van der Waals surface area (Å²) in [5.74, 6) is 0. The summed E-state index contributed by atoms with van der Waals surface area (Å²) in [6.45, 7) is 2.19. The first-order valence-electron chi connectivity index (χ1n) is 5.72. The van der Waals surface area contributed by atoms with Crippen LogP contribution >= 0.6 is 0 Å². The van der Waals surface area contributed by atoms with Crippen molar-refractivity contribution in [2.24, 2.45) is 0 Å². The molecule has 86 valence electrons. The molecular formula is C11H16N4O. The van der Waals surface area contributed by atoms with E-state index in [1.54, 1.807) is 6.20 Å². The first kappa shape index (κ1) is 10.9. The van der Waals surface area contributed by atoms with Gasteiger partial charge in [-0.2, -0.15) is 5.10 Å². The highest BCUT2D eigenvalue weighted by Crippen LogP contribution is 2.09. The molecule has 5 nitrogen and oxygen atoms in total. The van der Waals surface area contributed by atoms with Crippen LogP contribution in [0.25, 0.3) is 5.52 Å². The number of nitrogens with one attached hydrogen (secondary N) is 1. The number of hydrogen-bond donors (Lipinski definition) is 1. The molecule has 2 rings (SSSR count). The molecule has 0 radical (unpaired) electrons. The molecule has 0 aromatic carbocycles. The zero-order chi connectivity index (χ0) is 11.4. The molecule has 0 spiro atoms. The summed E-state index contributed by atoms with van der Waals surface area (Å²) >= 11 is 0. The molecule has 0 atom stereocenters. The number of aromatic amines is 1. The van der Waals surface area contributed by atoms with Crippen LogP contribution in [0.2, 0.25) is 0 Å². The van der Waals surface area contributed by atoms with Crippen molar-refractivity contribution in [3.05, 3.63) is 28.7 Å². The molecule has 0 fully saturated rings. The maximum atomic E-state index is 11.4. The molecule has 0 unspecified atom stereocenters. The molecule has 0 aliphatic heterocycles. The second-order valence-electron chi connectivity index (χ2n) is 3.93. The van der Waals surface area contributed by atoms with Crippen LogP contribution in [-0.2, 0) is 6.42 Å². The second kappa shape index (κ2) is 4.92. The van der Waals surface area contributed by atoms with Gasteiger partial charge in [-0.1, -0.05) is 26.2 Å². The van der Waals surface area contributed by atoms with Gasteiger partial charge in [-0.3, -0.25) is 0 Å². The van der Waals surface area contributed by atoms with E-state index in [2.05, 4.69) is 22.1 Å². The third-order valence-corrected chi connectivity index (χ3v) is 2.71. The molecule has 16 heavy (non-hydrogen) atoms. The predicted octanol–water partition coefficient (Wildman–Crippen LogP) is 1.54. The van der Waals surface area contributed by atoms with Crippen LogP contribution in [0.1, 0.15) is 38.3 Å². The number of nitrogens with zero attached hydrogens (tertiary/aromatic N) is 3. The van der Waals surface area contributed by atoms with Gasteiger partial charge in [0.05, 0.1) is 17.4 Å². The third-order valence-electron chi connectivity index (χ3n) is 2.71. The number of fused-ring (bicyclic) bond motifs is 1. The fourth-order valence-electron chi connectivity index (χ4n) is 1.80. The van der Waals surface area contributed by atoms with E-state index in [4.69, 9.17) is 0 Å². The molecule has 2 aromatic rings. The summed E-state index contributed by atoms with van der Waals surface area (Å²) < 4.78 is 1.50. The van der Waals surface area contributed by atoms with Crippen LogP contribution in [0.3, 0.4) is 0 Å². The molecule has 2 heterocycles. The molecule has 1 N–H and O–H groups in total. The van der Waals surface area contributed by atoms with E-state index in [1.165, 1.54) is 30.0 Å². The summed E-state index contributed by atoms with van der Waals surface area (Å²) in [4.78, 5) is 15.3. The molecule has 0 saturated heterocycles. The second-order valence-corrected chi connectivity index (χ2v) is 3.93. The number of unbranched alkanes of at least 4 members (excludes halogenated alkanes) is 3. The van der Waals surface area contributed by atoms with Crippen molar-refractivity contribution in [3.8, 4) is 0 Å². The highest BCUT2D eigenvalue weighted by molar-refractivity contribution is 5.48. The van der Waals surface area contributed by atoms with E-state index in [0.29, 0.717) is 0 Å². The van der Waals surface area contributed by atoms with E-state index >= 15 is 0 Å². The highest BCUT2D eigenvalue weighted by atomic mass is 16.1. The van der Waals surface area contributed by atoms with Gasteiger partial charge in [0, 0.05) is 0 Å². The Morgan fingerprint density at radius 2 is 2.25 bits per heavy atom. The summed E-state index contributed by atoms with van der Waals surface area (Å²) in [6.07, 6.45) is 8.89. The fraction of sp³-hybridized carbons (Fsp3) is 0.545. The van der Waals surface area contributed by atoms with Crippen LogP contribution in [0.15, 0.2) is 17.3 Å². The van der Waals surface area contributed by atoms with Crippen molar-refractivity contribution in [2.75, 3.05) is 0 Å². The van der Waals surface area contributed by atoms with E-state index in [-0.39, 0.29) is 5.69 Å². The summed E-state index contributed by atoms with van der Waals surface area (Å²) in [5, 5.41) is 6.57. The molecule has 0 saturated carbocycles.